The van der Waals surface area contributed by atoms with Crippen LogP contribution in [0, 0.1) is 5.95 Å². The molecule has 4 nitrogen and oxygen atoms in total. The van der Waals surface area contributed by atoms with Gasteiger partial charge in [0.1, 0.15) is 0 Å². The van der Waals surface area contributed by atoms with Crippen LogP contribution < -0.4 is 5.32 Å². The molecular weight excluding hydrogens is 245 g/mol. The van der Waals surface area contributed by atoms with Gasteiger partial charge in [-0.3, -0.25) is 4.79 Å². The molecule has 2 aromatic rings. The minimum Gasteiger partial charge on any atom is -0.319 e. The molecule has 0 fully saturated rings. The van der Waals surface area contributed by atoms with Crippen molar-refractivity contribution in [2.24, 2.45) is 0 Å². The number of pyridine rings is 2. The van der Waals surface area contributed by atoms with E-state index >= 15 is 0 Å². The Morgan fingerprint density at radius 1 is 1.29 bits per heavy atom. The summed E-state index contributed by atoms with van der Waals surface area (Å²) in [7, 11) is 0. The van der Waals surface area contributed by atoms with Crippen LogP contribution in [0.15, 0.2) is 36.7 Å². The van der Waals surface area contributed by atoms with Crippen LogP contribution in [0.5, 0.6) is 0 Å². The maximum Gasteiger partial charge on any atom is 0.257 e. The minimum absolute atomic E-state index is 0.191. The number of aromatic nitrogens is 2. The number of anilines is 1. The van der Waals surface area contributed by atoms with Crippen molar-refractivity contribution in [3.05, 3.63) is 53.3 Å². The summed E-state index contributed by atoms with van der Waals surface area (Å²) < 4.78 is 12.6. The highest BCUT2D eigenvalue weighted by Crippen LogP contribution is 2.18. The van der Waals surface area contributed by atoms with Crippen molar-refractivity contribution in [2.75, 3.05) is 5.32 Å². The number of carbonyl (C=O) groups excluding carboxylic acids is 1. The van der Waals surface area contributed by atoms with E-state index in [0.717, 1.165) is 12.3 Å². The molecular formula is C11H7ClFN3O. The molecule has 0 bridgehead atoms. The number of halogens is 2. The first-order valence-corrected chi connectivity index (χ1v) is 5.08. The van der Waals surface area contributed by atoms with E-state index in [1.165, 1.54) is 12.3 Å². The van der Waals surface area contributed by atoms with Crippen molar-refractivity contribution in [1.82, 2.24) is 9.97 Å². The fourth-order valence-electron chi connectivity index (χ4n) is 1.18. The Hall–Kier alpha value is -2.01. The van der Waals surface area contributed by atoms with Crippen LogP contribution in [0.2, 0.25) is 5.15 Å². The second kappa shape index (κ2) is 4.88. The first kappa shape index (κ1) is 11.5. The third kappa shape index (κ3) is 2.76. The standard InChI is InChI=1S/C11H7ClFN3O/c12-10-8(2-1-5-14-10)16-11(17)7-3-4-9(13)15-6-7/h1-6H,(H,16,17). The van der Waals surface area contributed by atoms with Gasteiger partial charge in [0.15, 0.2) is 5.15 Å². The Morgan fingerprint density at radius 2 is 2.12 bits per heavy atom. The highest BCUT2D eigenvalue weighted by Gasteiger charge is 2.09. The van der Waals surface area contributed by atoms with E-state index in [4.69, 9.17) is 11.6 Å². The number of amides is 1. The Labute approximate surface area is 101 Å². The molecule has 2 heterocycles. The third-order valence-corrected chi connectivity index (χ3v) is 2.30. The molecule has 0 unspecified atom stereocenters. The average Bonchev–Trinajstić information content (AvgIpc) is 2.33. The molecule has 0 aliphatic heterocycles. The molecule has 0 spiro atoms. The summed E-state index contributed by atoms with van der Waals surface area (Å²) >= 11 is 5.78. The number of nitrogens with one attached hydrogen (secondary N) is 1. The summed E-state index contributed by atoms with van der Waals surface area (Å²) in [6.45, 7) is 0. The van der Waals surface area contributed by atoms with E-state index in [2.05, 4.69) is 15.3 Å². The van der Waals surface area contributed by atoms with Crippen molar-refractivity contribution in [1.29, 1.82) is 0 Å². The van der Waals surface area contributed by atoms with Crippen molar-refractivity contribution < 1.29 is 9.18 Å². The first-order chi connectivity index (χ1) is 8.16. The molecule has 86 valence electrons. The molecule has 0 saturated carbocycles. The predicted molar refractivity (Wildman–Crippen MR) is 61.4 cm³/mol. The van der Waals surface area contributed by atoms with E-state index in [1.807, 2.05) is 0 Å². The Morgan fingerprint density at radius 3 is 2.76 bits per heavy atom. The third-order valence-electron chi connectivity index (χ3n) is 2.00. The molecule has 0 aliphatic carbocycles. The molecule has 2 aromatic heterocycles. The number of nitrogens with zero attached hydrogens (tertiary/aromatic N) is 2. The second-order valence-corrected chi connectivity index (χ2v) is 3.52. The number of carbonyl (C=O) groups is 1. The summed E-state index contributed by atoms with van der Waals surface area (Å²) in [5.41, 5.74) is 0.634. The average molecular weight is 252 g/mol. The molecule has 17 heavy (non-hydrogen) atoms. The number of rotatable bonds is 2. The summed E-state index contributed by atoms with van der Waals surface area (Å²) in [6.07, 6.45) is 2.66. The van der Waals surface area contributed by atoms with Gasteiger partial charge in [-0.15, -0.1) is 0 Å². The Kier molecular flexibility index (Phi) is 3.30. The van der Waals surface area contributed by atoms with Gasteiger partial charge < -0.3 is 5.32 Å². The predicted octanol–water partition coefficient (Wildman–Crippen LogP) is 2.52. The molecule has 0 saturated heterocycles. The van der Waals surface area contributed by atoms with Gasteiger partial charge in [-0.05, 0) is 24.3 Å². The van der Waals surface area contributed by atoms with Crippen LogP contribution in [0.4, 0.5) is 10.1 Å². The number of hydrogen-bond donors (Lipinski definition) is 1. The van der Waals surface area contributed by atoms with E-state index < -0.39 is 11.9 Å². The van der Waals surface area contributed by atoms with Crippen molar-refractivity contribution in [3.63, 3.8) is 0 Å². The summed E-state index contributed by atoms with van der Waals surface area (Å²) in [4.78, 5) is 18.9. The lowest BCUT2D eigenvalue weighted by atomic mass is 10.2. The molecule has 0 aromatic carbocycles. The lowest BCUT2D eigenvalue weighted by Crippen LogP contribution is -2.12. The van der Waals surface area contributed by atoms with Gasteiger partial charge in [0.25, 0.3) is 5.91 Å². The summed E-state index contributed by atoms with van der Waals surface area (Å²) in [6, 6.07) is 5.70. The van der Waals surface area contributed by atoms with Crippen LogP contribution in [0.3, 0.4) is 0 Å². The zero-order valence-corrected chi connectivity index (χ0v) is 9.28. The van der Waals surface area contributed by atoms with E-state index in [0.29, 0.717) is 5.69 Å². The molecule has 2 rings (SSSR count). The molecule has 1 amide bonds. The van der Waals surface area contributed by atoms with E-state index in [9.17, 15) is 9.18 Å². The van der Waals surface area contributed by atoms with Crippen LogP contribution in [0.1, 0.15) is 10.4 Å². The first-order valence-electron chi connectivity index (χ1n) is 4.70. The van der Waals surface area contributed by atoms with E-state index in [1.54, 1.807) is 12.1 Å². The van der Waals surface area contributed by atoms with Crippen molar-refractivity contribution in [3.8, 4) is 0 Å². The van der Waals surface area contributed by atoms with Gasteiger partial charge in [0.05, 0.1) is 11.3 Å². The SMILES string of the molecule is O=C(Nc1cccnc1Cl)c1ccc(F)nc1. The number of hydrogen-bond acceptors (Lipinski definition) is 3. The fourth-order valence-corrected chi connectivity index (χ4v) is 1.35. The van der Waals surface area contributed by atoms with Gasteiger partial charge in [-0.1, -0.05) is 11.6 Å². The lowest BCUT2D eigenvalue weighted by molar-refractivity contribution is 0.102. The zero-order valence-electron chi connectivity index (χ0n) is 8.52. The topological polar surface area (TPSA) is 54.9 Å². The van der Waals surface area contributed by atoms with Crippen LogP contribution in [-0.4, -0.2) is 15.9 Å². The molecule has 6 heteroatoms. The molecule has 1 N–H and O–H groups in total. The van der Waals surface area contributed by atoms with Crippen molar-refractivity contribution >= 4 is 23.2 Å². The van der Waals surface area contributed by atoms with Crippen molar-refractivity contribution in [2.45, 2.75) is 0 Å². The largest absolute Gasteiger partial charge is 0.319 e. The highest BCUT2D eigenvalue weighted by molar-refractivity contribution is 6.32. The second-order valence-electron chi connectivity index (χ2n) is 3.17. The highest BCUT2D eigenvalue weighted by atomic mass is 35.5. The smallest absolute Gasteiger partial charge is 0.257 e. The fraction of sp³-hybridized carbons (Fsp3) is 0. The van der Waals surface area contributed by atoms with Crippen LogP contribution >= 0.6 is 11.6 Å². The van der Waals surface area contributed by atoms with Gasteiger partial charge in [0, 0.05) is 12.4 Å². The Balaban J connectivity index is 2.17. The van der Waals surface area contributed by atoms with E-state index in [-0.39, 0.29) is 10.7 Å². The van der Waals surface area contributed by atoms with Gasteiger partial charge in [-0.2, -0.15) is 4.39 Å². The lowest BCUT2D eigenvalue weighted by Gasteiger charge is -2.05. The van der Waals surface area contributed by atoms with Gasteiger partial charge in [0.2, 0.25) is 5.95 Å². The Bertz CT molecular complexity index is 545. The minimum atomic E-state index is -0.638. The summed E-state index contributed by atoms with van der Waals surface area (Å²) in [5, 5.41) is 2.74. The maximum absolute atomic E-state index is 12.6. The molecule has 0 radical (unpaired) electrons. The zero-order chi connectivity index (χ0) is 12.3. The monoisotopic (exact) mass is 251 g/mol. The molecule has 0 atom stereocenters. The quantitative estimate of drug-likeness (QED) is 0.835. The normalized spacial score (nSPS) is 10.0. The maximum atomic E-state index is 12.6. The van der Waals surface area contributed by atoms with Gasteiger partial charge >= 0.3 is 0 Å². The summed E-state index contributed by atoms with van der Waals surface area (Å²) in [5.74, 6) is -1.06. The molecule has 0 aliphatic rings. The van der Waals surface area contributed by atoms with Crippen LogP contribution in [-0.2, 0) is 0 Å². The van der Waals surface area contributed by atoms with Crippen LogP contribution in [0.25, 0.3) is 0 Å². The van der Waals surface area contributed by atoms with Gasteiger partial charge in [-0.25, -0.2) is 9.97 Å².